The molecule has 1 aliphatic heterocycles. The van der Waals surface area contributed by atoms with Crippen molar-refractivity contribution >= 4 is 23.7 Å². The van der Waals surface area contributed by atoms with Gasteiger partial charge in [-0.2, -0.15) is 0 Å². The standard InChI is InChI=1S/C14H20O14/c1-4(16)12(22)27-28-13(23)9(20)11(25-5(2)17)14(24)10(21)8(19)7(18)6(3-15)26-14/h4,6-8,10-11,15-16,18-19,21,24H,3H2,1-2H3/t4?,6-,7-,8+,10-,11?,14?/m1/s1. The minimum atomic E-state index is -3.30. The molecular formula is C14H20O14. The molecular weight excluding hydrogens is 392 g/mol. The van der Waals surface area contributed by atoms with Crippen molar-refractivity contribution in [3.05, 3.63) is 0 Å². The molecule has 0 aromatic carbocycles. The largest absolute Gasteiger partial charge is 0.448 e. The number of ether oxygens (including phenoxy) is 2. The zero-order valence-corrected chi connectivity index (χ0v) is 14.6. The van der Waals surface area contributed by atoms with Gasteiger partial charge in [0.15, 0.2) is 6.10 Å². The fourth-order valence-electron chi connectivity index (χ4n) is 2.18. The van der Waals surface area contributed by atoms with E-state index in [1.54, 1.807) is 0 Å². The first-order chi connectivity index (χ1) is 12.9. The molecule has 1 saturated heterocycles. The van der Waals surface area contributed by atoms with Crippen molar-refractivity contribution in [2.24, 2.45) is 0 Å². The van der Waals surface area contributed by atoms with Gasteiger partial charge in [-0.1, -0.05) is 0 Å². The van der Waals surface area contributed by atoms with Crippen molar-refractivity contribution in [3.8, 4) is 0 Å². The fraction of sp³-hybridized carbons (Fsp3) is 0.714. The average molecular weight is 412 g/mol. The molecule has 7 atom stereocenters. The molecule has 28 heavy (non-hydrogen) atoms. The highest BCUT2D eigenvalue weighted by molar-refractivity contribution is 6.35. The number of hydrogen-bond acceptors (Lipinski definition) is 14. The lowest BCUT2D eigenvalue weighted by molar-refractivity contribution is -0.370. The van der Waals surface area contributed by atoms with E-state index in [2.05, 4.69) is 14.5 Å². The quantitative estimate of drug-likeness (QED) is 0.104. The Bertz CT molecular complexity index is 615. The summed E-state index contributed by atoms with van der Waals surface area (Å²) >= 11 is 0. The Morgan fingerprint density at radius 3 is 2.14 bits per heavy atom. The van der Waals surface area contributed by atoms with Crippen LogP contribution in [-0.4, -0.2) is 103 Å². The van der Waals surface area contributed by atoms with E-state index < -0.39 is 72.7 Å². The van der Waals surface area contributed by atoms with E-state index >= 15 is 0 Å². The van der Waals surface area contributed by atoms with Crippen LogP contribution in [-0.2, 0) is 38.4 Å². The Morgan fingerprint density at radius 1 is 1.11 bits per heavy atom. The predicted octanol–water partition coefficient (Wildman–Crippen LogP) is -4.97. The van der Waals surface area contributed by atoms with Crippen LogP contribution in [0.2, 0.25) is 0 Å². The molecule has 1 heterocycles. The third kappa shape index (κ3) is 4.99. The molecule has 0 aliphatic carbocycles. The summed E-state index contributed by atoms with van der Waals surface area (Å²) in [5.74, 6) is -9.93. The number of esters is 1. The lowest BCUT2D eigenvalue weighted by Crippen LogP contribution is -2.71. The monoisotopic (exact) mass is 412 g/mol. The molecule has 1 rings (SSSR count). The number of hydrogen-bond donors (Lipinski definition) is 6. The normalized spacial score (nSPS) is 32.0. The predicted molar refractivity (Wildman–Crippen MR) is 79.4 cm³/mol. The molecule has 0 saturated carbocycles. The summed E-state index contributed by atoms with van der Waals surface area (Å²) in [6, 6.07) is 0. The molecule has 0 bridgehead atoms. The van der Waals surface area contributed by atoms with Crippen LogP contribution in [0.15, 0.2) is 0 Å². The molecule has 1 fully saturated rings. The maximum atomic E-state index is 12.2. The van der Waals surface area contributed by atoms with Crippen molar-refractivity contribution in [1.29, 1.82) is 0 Å². The van der Waals surface area contributed by atoms with E-state index in [0.717, 1.165) is 13.8 Å². The van der Waals surface area contributed by atoms with Crippen LogP contribution in [0.1, 0.15) is 13.8 Å². The first kappa shape index (κ1) is 23.8. The van der Waals surface area contributed by atoms with Crippen molar-refractivity contribution in [2.45, 2.75) is 56.3 Å². The van der Waals surface area contributed by atoms with Crippen molar-refractivity contribution < 1.29 is 69.1 Å². The summed E-state index contributed by atoms with van der Waals surface area (Å²) in [6.45, 7) is 0.702. The van der Waals surface area contributed by atoms with Gasteiger partial charge in [0.05, 0.1) is 6.61 Å². The first-order valence-corrected chi connectivity index (χ1v) is 7.73. The Kier molecular flexibility index (Phi) is 7.94. The lowest BCUT2D eigenvalue weighted by atomic mass is 9.88. The SMILES string of the molecule is CC(=O)OC(C(=O)C(=O)OOC(=O)C(C)O)C1(O)O[C@H](CO)[C@@H](O)[C@H](O)[C@H]1O. The number of rotatable bonds is 6. The van der Waals surface area contributed by atoms with E-state index in [4.69, 9.17) is 14.9 Å². The zero-order chi connectivity index (χ0) is 21.8. The molecule has 160 valence electrons. The highest BCUT2D eigenvalue weighted by Crippen LogP contribution is 2.33. The highest BCUT2D eigenvalue weighted by atomic mass is 17.2. The molecule has 0 amide bonds. The first-order valence-electron chi connectivity index (χ1n) is 7.73. The Balaban J connectivity index is 3.14. The van der Waals surface area contributed by atoms with Crippen LogP contribution in [0, 0.1) is 0 Å². The summed E-state index contributed by atoms with van der Waals surface area (Å²) in [7, 11) is 0. The second kappa shape index (κ2) is 9.33. The average Bonchev–Trinajstić information content (AvgIpc) is 2.64. The van der Waals surface area contributed by atoms with Gasteiger partial charge in [0.25, 0.3) is 5.78 Å². The molecule has 14 nitrogen and oxygen atoms in total. The van der Waals surface area contributed by atoms with Crippen molar-refractivity contribution in [2.75, 3.05) is 6.61 Å². The van der Waals surface area contributed by atoms with E-state index in [1.807, 2.05) is 0 Å². The number of aliphatic hydroxyl groups is 6. The van der Waals surface area contributed by atoms with Gasteiger partial charge in [-0.25, -0.2) is 19.4 Å². The van der Waals surface area contributed by atoms with Gasteiger partial charge in [-0.3, -0.25) is 9.59 Å². The van der Waals surface area contributed by atoms with Crippen LogP contribution in [0.3, 0.4) is 0 Å². The van der Waals surface area contributed by atoms with Crippen molar-refractivity contribution in [3.63, 3.8) is 0 Å². The maximum absolute atomic E-state index is 12.2. The second-order valence-corrected chi connectivity index (χ2v) is 5.82. The third-order valence-corrected chi connectivity index (χ3v) is 3.64. The van der Waals surface area contributed by atoms with Gasteiger partial charge >= 0.3 is 17.9 Å². The van der Waals surface area contributed by atoms with Gasteiger partial charge < -0.3 is 40.1 Å². The van der Waals surface area contributed by atoms with Crippen LogP contribution in [0.25, 0.3) is 0 Å². The van der Waals surface area contributed by atoms with Gasteiger partial charge in [-0.15, -0.1) is 0 Å². The minimum absolute atomic E-state index is 0.756. The van der Waals surface area contributed by atoms with Gasteiger partial charge in [-0.05, 0) is 6.92 Å². The summed E-state index contributed by atoms with van der Waals surface area (Å²) in [5.41, 5.74) is 0. The lowest BCUT2D eigenvalue weighted by Gasteiger charge is -2.47. The number of carbonyl (C=O) groups is 4. The molecule has 6 N–H and O–H groups in total. The molecule has 0 aromatic rings. The summed E-state index contributed by atoms with van der Waals surface area (Å²) in [5, 5.41) is 58.1. The number of ketones is 1. The second-order valence-electron chi connectivity index (χ2n) is 5.82. The highest BCUT2D eigenvalue weighted by Gasteiger charge is 2.61. The Hall–Kier alpha value is -2.20. The van der Waals surface area contributed by atoms with Crippen molar-refractivity contribution in [1.82, 2.24) is 0 Å². The van der Waals surface area contributed by atoms with E-state index in [-0.39, 0.29) is 0 Å². The van der Waals surface area contributed by atoms with E-state index in [1.165, 1.54) is 0 Å². The number of aliphatic hydroxyl groups excluding tert-OH is 5. The van der Waals surface area contributed by atoms with Crippen LogP contribution in [0.4, 0.5) is 0 Å². The third-order valence-electron chi connectivity index (χ3n) is 3.64. The van der Waals surface area contributed by atoms with Gasteiger partial charge in [0.2, 0.25) is 11.9 Å². The van der Waals surface area contributed by atoms with Crippen LogP contribution in [0.5, 0.6) is 0 Å². The number of Topliss-reactive ketones (excluding diaryl/α,β-unsaturated/α-hetero) is 1. The summed E-state index contributed by atoms with van der Waals surface area (Å²) < 4.78 is 9.30. The zero-order valence-electron chi connectivity index (χ0n) is 14.6. The smallest absolute Gasteiger partial charge is 0.425 e. The molecule has 1 aliphatic rings. The molecule has 0 aromatic heterocycles. The number of carbonyl (C=O) groups excluding carboxylic acids is 4. The van der Waals surface area contributed by atoms with E-state index in [9.17, 15) is 39.6 Å². The van der Waals surface area contributed by atoms with Crippen LogP contribution >= 0.6 is 0 Å². The Labute approximate surface area is 156 Å². The fourth-order valence-corrected chi connectivity index (χ4v) is 2.18. The molecule has 3 unspecified atom stereocenters. The molecule has 14 heteroatoms. The maximum Gasteiger partial charge on any atom is 0.425 e. The van der Waals surface area contributed by atoms with Crippen LogP contribution < -0.4 is 0 Å². The van der Waals surface area contributed by atoms with E-state index in [0.29, 0.717) is 0 Å². The summed E-state index contributed by atoms with van der Waals surface area (Å²) in [6.07, 6.45) is -12.7. The minimum Gasteiger partial charge on any atom is -0.448 e. The summed E-state index contributed by atoms with van der Waals surface area (Å²) in [4.78, 5) is 54.0. The molecule has 0 radical (unpaired) electrons. The Morgan fingerprint density at radius 2 is 1.68 bits per heavy atom. The van der Waals surface area contributed by atoms with Gasteiger partial charge in [0, 0.05) is 6.92 Å². The topological polar surface area (TPSA) is 227 Å². The van der Waals surface area contributed by atoms with Gasteiger partial charge in [0.1, 0.15) is 24.4 Å². The molecule has 0 spiro atoms.